The lowest BCUT2D eigenvalue weighted by Gasteiger charge is -2.32. The molecule has 3 unspecified atom stereocenters. The molecule has 5 heteroatoms. The molecule has 5 nitrogen and oxygen atoms in total. The van der Waals surface area contributed by atoms with Crippen LogP contribution in [0.15, 0.2) is 0 Å². The van der Waals surface area contributed by atoms with Crippen LogP contribution in [0.2, 0.25) is 0 Å². The van der Waals surface area contributed by atoms with Gasteiger partial charge in [-0.3, -0.25) is 9.69 Å². The summed E-state index contributed by atoms with van der Waals surface area (Å²) < 4.78 is 5.68. The van der Waals surface area contributed by atoms with Crippen LogP contribution in [0.3, 0.4) is 0 Å². The zero-order valence-corrected chi connectivity index (χ0v) is 13.2. The Labute approximate surface area is 123 Å². The highest BCUT2D eigenvalue weighted by molar-refractivity contribution is 5.78. The van der Waals surface area contributed by atoms with Crippen molar-refractivity contribution in [3.63, 3.8) is 0 Å². The van der Waals surface area contributed by atoms with Gasteiger partial charge >= 0.3 is 0 Å². The third-order valence-electron chi connectivity index (χ3n) is 3.92. The van der Waals surface area contributed by atoms with E-state index in [1.807, 2.05) is 13.8 Å². The van der Waals surface area contributed by atoms with Crippen molar-refractivity contribution in [1.29, 1.82) is 0 Å². The number of morpholine rings is 1. The van der Waals surface area contributed by atoms with Crippen molar-refractivity contribution in [2.75, 3.05) is 32.8 Å². The Balaban J connectivity index is 2.18. The number of nitrogens with two attached hydrogens (primary N) is 1. The van der Waals surface area contributed by atoms with Gasteiger partial charge in [-0.25, -0.2) is 0 Å². The number of carbonyl (C=O) groups is 1. The van der Waals surface area contributed by atoms with Gasteiger partial charge in [-0.2, -0.15) is 0 Å². The third kappa shape index (κ3) is 6.68. The Morgan fingerprint density at radius 2 is 2.20 bits per heavy atom. The van der Waals surface area contributed by atoms with Gasteiger partial charge in [-0.15, -0.1) is 0 Å². The fourth-order valence-corrected chi connectivity index (χ4v) is 2.46. The predicted octanol–water partition coefficient (Wildman–Crippen LogP) is 0.977. The first kappa shape index (κ1) is 17.4. The summed E-state index contributed by atoms with van der Waals surface area (Å²) in [6, 6.07) is 0.223. The molecule has 3 atom stereocenters. The smallest absolute Gasteiger partial charge is 0.222 e. The Morgan fingerprint density at radius 3 is 2.85 bits per heavy atom. The monoisotopic (exact) mass is 285 g/mol. The van der Waals surface area contributed by atoms with Crippen LogP contribution < -0.4 is 11.1 Å². The maximum atomic E-state index is 12.0. The van der Waals surface area contributed by atoms with Gasteiger partial charge in [0.15, 0.2) is 0 Å². The van der Waals surface area contributed by atoms with Crippen LogP contribution in [-0.2, 0) is 9.53 Å². The van der Waals surface area contributed by atoms with E-state index in [1.165, 1.54) is 0 Å². The quantitative estimate of drug-likeness (QED) is 0.697. The summed E-state index contributed by atoms with van der Waals surface area (Å²) in [7, 11) is 0. The number of hydrogen-bond donors (Lipinski definition) is 2. The van der Waals surface area contributed by atoms with Crippen molar-refractivity contribution in [3.8, 4) is 0 Å². The molecule has 0 aromatic carbocycles. The van der Waals surface area contributed by atoms with Gasteiger partial charge in [-0.05, 0) is 26.3 Å². The van der Waals surface area contributed by atoms with E-state index in [2.05, 4.69) is 17.1 Å². The fourth-order valence-electron chi connectivity index (χ4n) is 2.46. The zero-order chi connectivity index (χ0) is 15.0. The highest BCUT2D eigenvalue weighted by Crippen LogP contribution is 2.09. The minimum atomic E-state index is 0.0552. The molecule has 0 radical (unpaired) electrons. The third-order valence-corrected chi connectivity index (χ3v) is 3.92. The number of nitrogens with zero attached hydrogens (tertiary/aromatic N) is 1. The molecular weight excluding hydrogens is 254 g/mol. The minimum absolute atomic E-state index is 0.0552. The average molecular weight is 285 g/mol. The number of carbonyl (C=O) groups excluding carboxylic acids is 1. The van der Waals surface area contributed by atoms with E-state index in [1.54, 1.807) is 0 Å². The molecule has 1 rings (SSSR count). The van der Waals surface area contributed by atoms with Crippen molar-refractivity contribution >= 4 is 5.91 Å². The lowest BCUT2D eigenvalue weighted by molar-refractivity contribution is -0.125. The second-order valence-corrected chi connectivity index (χ2v) is 5.94. The summed E-state index contributed by atoms with van der Waals surface area (Å²) in [5, 5.41) is 3.01. The lowest BCUT2D eigenvalue weighted by Crippen LogP contribution is -2.47. The molecule has 0 bridgehead atoms. The first-order chi connectivity index (χ1) is 9.52. The summed E-state index contributed by atoms with van der Waals surface area (Å²) >= 11 is 0. The molecule has 3 N–H and O–H groups in total. The van der Waals surface area contributed by atoms with Crippen molar-refractivity contribution in [2.45, 2.75) is 52.2 Å². The Morgan fingerprint density at radius 1 is 1.45 bits per heavy atom. The van der Waals surface area contributed by atoms with Gasteiger partial charge in [0.2, 0.25) is 5.91 Å². The number of amides is 1. The molecular formula is C15H31N3O2. The van der Waals surface area contributed by atoms with Crippen molar-refractivity contribution in [2.24, 2.45) is 11.7 Å². The molecule has 1 saturated heterocycles. The standard InChI is InChI=1S/C15H31N3O2/c1-4-18-8-9-20-14(11-18)10-17-15(19)12(2)6-5-7-13(3)16/h12-14H,4-11,16H2,1-3H3,(H,17,19). The fraction of sp³-hybridized carbons (Fsp3) is 0.933. The van der Waals surface area contributed by atoms with Gasteiger partial charge in [-0.1, -0.05) is 20.3 Å². The van der Waals surface area contributed by atoms with Crippen LogP contribution in [0.5, 0.6) is 0 Å². The van der Waals surface area contributed by atoms with Gasteiger partial charge < -0.3 is 15.8 Å². The summed E-state index contributed by atoms with van der Waals surface area (Å²) in [5.41, 5.74) is 5.72. The number of hydrogen-bond acceptors (Lipinski definition) is 4. The van der Waals surface area contributed by atoms with E-state index in [4.69, 9.17) is 10.5 Å². The molecule has 1 fully saturated rings. The molecule has 0 spiro atoms. The second-order valence-electron chi connectivity index (χ2n) is 5.94. The van der Waals surface area contributed by atoms with Gasteiger partial charge in [0, 0.05) is 31.6 Å². The Kier molecular flexibility index (Phi) is 8.11. The summed E-state index contributed by atoms with van der Waals surface area (Å²) in [5.74, 6) is 0.187. The Bertz CT molecular complexity index is 284. The van der Waals surface area contributed by atoms with Crippen molar-refractivity contribution in [3.05, 3.63) is 0 Å². The molecule has 1 aliphatic heterocycles. The van der Waals surface area contributed by atoms with Crippen LogP contribution in [0.25, 0.3) is 0 Å². The van der Waals surface area contributed by atoms with Crippen LogP contribution in [0.1, 0.15) is 40.0 Å². The van der Waals surface area contributed by atoms with Crippen LogP contribution in [0.4, 0.5) is 0 Å². The van der Waals surface area contributed by atoms with Crippen molar-refractivity contribution in [1.82, 2.24) is 10.2 Å². The number of nitrogens with one attached hydrogen (secondary N) is 1. The molecule has 1 aliphatic rings. The molecule has 0 aromatic heterocycles. The van der Waals surface area contributed by atoms with Gasteiger partial charge in [0.25, 0.3) is 0 Å². The predicted molar refractivity (Wildman–Crippen MR) is 81.5 cm³/mol. The van der Waals surface area contributed by atoms with Crippen molar-refractivity contribution < 1.29 is 9.53 Å². The molecule has 0 aliphatic carbocycles. The van der Waals surface area contributed by atoms with E-state index in [-0.39, 0.29) is 24.0 Å². The molecule has 1 amide bonds. The average Bonchev–Trinajstić information content (AvgIpc) is 2.44. The van der Waals surface area contributed by atoms with E-state index in [9.17, 15) is 4.79 Å². The number of ether oxygens (including phenoxy) is 1. The zero-order valence-electron chi connectivity index (χ0n) is 13.2. The summed E-state index contributed by atoms with van der Waals surface area (Å²) in [6.07, 6.45) is 3.02. The normalized spacial score (nSPS) is 23.3. The Hall–Kier alpha value is -0.650. The van der Waals surface area contributed by atoms with E-state index in [0.717, 1.165) is 45.5 Å². The largest absolute Gasteiger partial charge is 0.374 e. The first-order valence-corrected chi connectivity index (χ1v) is 7.90. The van der Waals surface area contributed by atoms with E-state index in [0.29, 0.717) is 6.54 Å². The van der Waals surface area contributed by atoms with E-state index >= 15 is 0 Å². The molecule has 0 saturated carbocycles. The first-order valence-electron chi connectivity index (χ1n) is 7.90. The topological polar surface area (TPSA) is 67.6 Å². The van der Waals surface area contributed by atoms with Crippen LogP contribution in [0, 0.1) is 5.92 Å². The number of rotatable bonds is 8. The maximum Gasteiger partial charge on any atom is 0.222 e. The molecule has 0 aromatic rings. The molecule has 118 valence electrons. The highest BCUT2D eigenvalue weighted by Gasteiger charge is 2.21. The van der Waals surface area contributed by atoms with Gasteiger partial charge in [0.05, 0.1) is 12.7 Å². The summed E-state index contributed by atoms with van der Waals surface area (Å²) in [4.78, 5) is 14.4. The second kappa shape index (κ2) is 9.32. The SMILES string of the molecule is CCN1CCOC(CNC(=O)C(C)CCCC(C)N)C1. The highest BCUT2D eigenvalue weighted by atomic mass is 16.5. The molecule has 20 heavy (non-hydrogen) atoms. The van der Waals surface area contributed by atoms with Gasteiger partial charge in [0.1, 0.15) is 0 Å². The molecule has 1 heterocycles. The van der Waals surface area contributed by atoms with Crippen LogP contribution >= 0.6 is 0 Å². The minimum Gasteiger partial charge on any atom is -0.374 e. The van der Waals surface area contributed by atoms with Crippen LogP contribution in [-0.4, -0.2) is 55.7 Å². The maximum absolute atomic E-state index is 12.0. The number of likely N-dealkylation sites (N-methyl/N-ethyl adjacent to an activating group) is 1. The summed E-state index contributed by atoms with van der Waals surface area (Å²) in [6.45, 7) is 10.5. The lowest BCUT2D eigenvalue weighted by atomic mass is 10.0. The van der Waals surface area contributed by atoms with E-state index < -0.39 is 0 Å².